The van der Waals surface area contributed by atoms with Crippen molar-refractivity contribution < 1.29 is 13.2 Å². The van der Waals surface area contributed by atoms with Crippen LogP contribution in [0.5, 0.6) is 0 Å². The smallest absolute Gasteiger partial charge is 0.245 e. The average Bonchev–Trinajstić information content (AvgIpc) is 3.22. The van der Waals surface area contributed by atoms with Gasteiger partial charge in [-0.1, -0.05) is 39.2 Å². The summed E-state index contributed by atoms with van der Waals surface area (Å²) in [5.74, 6) is 0.139. The number of unbranched alkanes of at least 4 members (excludes halogenated alkanes) is 1. The van der Waals surface area contributed by atoms with Gasteiger partial charge in [-0.15, -0.1) is 0 Å². The highest BCUT2D eigenvalue weighted by Crippen LogP contribution is 2.28. The summed E-state index contributed by atoms with van der Waals surface area (Å²) in [6.45, 7) is 5.63. The second kappa shape index (κ2) is 9.95. The molecule has 1 aromatic heterocycles. The number of nitrogens with zero attached hydrogens (tertiary/aromatic N) is 3. The van der Waals surface area contributed by atoms with E-state index in [0.29, 0.717) is 42.9 Å². The fourth-order valence-corrected chi connectivity index (χ4v) is 6.11. The van der Waals surface area contributed by atoms with Crippen LogP contribution in [0.4, 0.5) is 0 Å². The highest BCUT2D eigenvalue weighted by Gasteiger charge is 2.34. The number of piperidine rings is 1. The van der Waals surface area contributed by atoms with Gasteiger partial charge in [0.1, 0.15) is 15.9 Å². The third kappa shape index (κ3) is 5.13. The number of carbonyl (C=O) groups excluding carboxylic acids is 1. The molecule has 3 rings (SSSR count). The molecule has 7 nitrogen and oxygen atoms in total. The van der Waals surface area contributed by atoms with E-state index in [-0.39, 0.29) is 23.3 Å². The summed E-state index contributed by atoms with van der Waals surface area (Å²) >= 11 is 1.01. The second-order valence-corrected chi connectivity index (χ2v) is 10.2. The van der Waals surface area contributed by atoms with Crippen molar-refractivity contribution in [2.45, 2.75) is 57.3 Å². The van der Waals surface area contributed by atoms with Gasteiger partial charge in [0, 0.05) is 19.6 Å². The van der Waals surface area contributed by atoms with Crippen LogP contribution in [0.25, 0.3) is 11.0 Å². The topological polar surface area (TPSA) is 92.3 Å². The Balaban J connectivity index is 1.67. The molecule has 9 heteroatoms. The summed E-state index contributed by atoms with van der Waals surface area (Å²) in [6.07, 6.45) is 5.87. The molecular weight excluding hydrogens is 408 g/mol. The number of hydrogen-bond donors (Lipinski definition) is 1. The Morgan fingerprint density at radius 1 is 1.34 bits per heavy atom. The number of carbonyl (C=O) groups is 1. The largest absolute Gasteiger partial charge is 0.356 e. The fraction of sp³-hybridized carbons (Fsp3) is 0.650. The second-order valence-electron chi connectivity index (χ2n) is 7.75. The summed E-state index contributed by atoms with van der Waals surface area (Å²) in [6, 6.07) is 5.02. The lowest BCUT2D eigenvalue weighted by Crippen LogP contribution is -2.46. The van der Waals surface area contributed by atoms with Gasteiger partial charge in [-0.3, -0.25) is 4.79 Å². The first kappa shape index (κ1) is 22.1. The SMILES string of the molecule is CCCC[C@H](CC)CNC(=O)[C@H]1CCCN(S(=O)(=O)c2cccc3nsnc23)C1. The van der Waals surface area contributed by atoms with Crippen LogP contribution in [0, 0.1) is 11.8 Å². The van der Waals surface area contributed by atoms with Crippen LogP contribution < -0.4 is 5.32 Å². The molecule has 0 radical (unpaired) electrons. The van der Waals surface area contributed by atoms with E-state index < -0.39 is 10.0 Å². The van der Waals surface area contributed by atoms with Gasteiger partial charge in [0.2, 0.25) is 15.9 Å². The number of amides is 1. The van der Waals surface area contributed by atoms with Gasteiger partial charge in [-0.05, 0) is 37.3 Å². The minimum atomic E-state index is -3.72. The van der Waals surface area contributed by atoms with Crippen LogP contribution in [0.3, 0.4) is 0 Å². The zero-order valence-electron chi connectivity index (χ0n) is 17.1. The highest BCUT2D eigenvalue weighted by atomic mass is 32.2. The van der Waals surface area contributed by atoms with E-state index in [9.17, 15) is 13.2 Å². The van der Waals surface area contributed by atoms with Crippen molar-refractivity contribution in [2.75, 3.05) is 19.6 Å². The molecule has 2 aromatic rings. The Kier molecular flexibility index (Phi) is 7.59. The number of aromatic nitrogens is 2. The van der Waals surface area contributed by atoms with Gasteiger partial charge in [-0.2, -0.15) is 13.1 Å². The molecule has 1 aromatic carbocycles. The Labute approximate surface area is 177 Å². The maximum atomic E-state index is 13.2. The molecule has 160 valence electrons. The third-order valence-corrected chi connectivity index (χ3v) is 8.17. The first-order valence-electron chi connectivity index (χ1n) is 10.5. The lowest BCUT2D eigenvalue weighted by molar-refractivity contribution is -0.126. The molecule has 0 spiro atoms. The maximum Gasteiger partial charge on any atom is 0.245 e. The Bertz CT molecular complexity index is 929. The lowest BCUT2D eigenvalue weighted by atomic mass is 9.96. The summed E-state index contributed by atoms with van der Waals surface area (Å²) in [5.41, 5.74) is 0.992. The van der Waals surface area contributed by atoms with E-state index in [1.165, 1.54) is 10.7 Å². The van der Waals surface area contributed by atoms with Crippen molar-refractivity contribution in [3.63, 3.8) is 0 Å². The van der Waals surface area contributed by atoms with Gasteiger partial charge < -0.3 is 5.32 Å². The molecule has 1 aliphatic rings. The molecule has 0 saturated carbocycles. The summed E-state index contributed by atoms with van der Waals surface area (Å²) in [4.78, 5) is 12.9. The zero-order chi connectivity index (χ0) is 20.9. The Morgan fingerprint density at radius 2 is 2.17 bits per heavy atom. The van der Waals surface area contributed by atoms with Gasteiger partial charge in [0.25, 0.3) is 0 Å². The first-order valence-corrected chi connectivity index (χ1v) is 12.6. The summed E-state index contributed by atoms with van der Waals surface area (Å²) in [7, 11) is -3.72. The van der Waals surface area contributed by atoms with Crippen LogP contribution >= 0.6 is 11.7 Å². The number of sulfonamides is 1. The van der Waals surface area contributed by atoms with Crippen LogP contribution in [0.1, 0.15) is 52.4 Å². The van der Waals surface area contributed by atoms with Crippen molar-refractivity contribution in [3.8, 4) is 0 Å². The fourth-order valence-electron chi connectivity index (χ4n) is 3.84. The van der Waals surface area contributed by atoms with Gasteiger partial charge in [0.15, 0.2) is 0 Å². The number of fused-ring (bicyclic) bond motifs is 1. The molecule has 0 unspecified atom stereocenters. The predicted octanol–water partition coefficient (Wildman–Crippen LogP) is 3.42. The van der Waals surface area contributed by atoms with Crippen molar-refractivity contribution >= 4 is 38.7 Å². The van der Waals surface area contributed by atoms with E-state index in [1.807, 2.05) is 0 Å². The molecule has 1 aliphatic heterocycles. The lowest BCUT2D eigenvalue weighted by Gasteiger charge is -2.31. The normalized spacial score (nSPS) is 19.3. The molecule has 29 heavy (non-hydrogen) atoms. The molecule has 1 saturated heterocycles. The number of benzene rings is 1. The Morgan fingerprint density at radius 3 is 2.93 bits per heavy atom. The quantitative estimate of drug-likeness (QED) is 0.648. The molecule has 1 amide bonds. The third-order valence-electron chi connectivity index (χ3n) is 5.73. The predicted molar refractivity (Wildman–Crippen MR) is 115 cm³/mol. The van der Waals surface area contributed by atoms with E-state index >= 15 is 0 Å². The van der Waals surface area contributed by atoms with Crippen LogP contribution in [-0.4, -0.2) is 47.0 Å². The van der Waals surface area contributed by atoms with Crippen LogP contribution in [0.2, 0.25) is 0 Å². The van der Waals surface area contributed by atoms with Gasteiger partial charge in [0.05, 0.1) is 17.6 Å². The zero-order valence-corrected chi connectivity index (χ0v) is 18.8. The summed E-state index contributed by atoms with van der Waals surface area (Å²) < 4.78 is 36.2. The Hall–Kier alpha value is -1.58. The van der Waals surface area contributed by atoms with Crippen LogP contribution in [0.15, 0.2) is 23.1 Å². The van der Waals surface area contributed by atoms with E-state index in [0.717, 1.165) is 31.0 Å². The molecule has 0 bridgehead atoms. The molecule has 1 N–H and O–H groups in total. The minimum Gasteiger partial charge on any atom is -0.356 e. The molecule has 2 heterocycles. The van der Waals surface area contributed by atoms with Crippen molar-refractivity contribution in [1.82, 2.24) is 18.4 Å². The molecule has 1 fully saturated rings. The van der Waals surface area contributed by atoms with E-state index in [1.54, 1.807) is 18.2 Å². The number of nitrogens with one attached hydrogen (secondary N) is 1. The number of rotatable bonds is 9. The molecule has 0 aliphatic carbocycles. The monoisotopic (exact) mass is 438 g/mol. The first-order chi connectivity index (χ1) is 14.0. The van der Waals surface area contributed by atoms with Crippen molar-refractivity contribution in [3.05, 3.63) is 18.2 Å². The van der Waals surface area contributed by atoms with Gasteiger partial charge >= 0.3 is 0 Å². The average molecular weight is 439 g/mol. The van der Waals surface area contributed by atoms with Crippen molar-refractivity contribution in [2.24, 2.45) is 11.8 Å². The van der Waals surface area contributed by atoms with Gasteiger partial charge in [-0.25, -0.2) is 8.42 Å². The maximum absolute atomic E-state index is 13.2. The number of hydrogen-bond acceptors (Lipinski definition) is 6. The van der Waals surface area contributed by atoms with E-state index in [2.05, 4.69) is 27.9 Å². The van der Waals surface area contributed by atoms with Crippen molar-refractivity contribution in [1.29, 1.82) is 0 Å². The van der Waals surface area contributed by atoms with Crippen LogP contribution in [-0.2, 0) is 14.8 Å². The molecule has 2 atom stereocenters. The standard InChI is InChI=1S/C20H30N4O3S2/c1-3-5-8-15(4-2)13-21-20(25)16-9-7-12-24(14-16)29(26,27)18-11-6-10-17-19(18)23-28-22-17/h6,10-11,15-16H,3-5,7-9,12-14H2,1-2H3,(H,21,25)/t15-,16-/m0/s1. The minimum absolute atomic E-state index is 0.0339. The highest BCUT2D eigenvalue weighted by molar-refractivity contribution is 7.89. The summed E-state index contributed by atoms with van der Waals surface area (Å²) in [5, 5.41) is 3.07. The molecular formula is C20H30N4O3S2. The van der Waals surface area contributed by atoms with E-state index in [4.69, 9.17) is 0 Å².